The average molecular weight is 446 g/mol. The predicted octanol–water partition coefficient (Wildman–Crippen LogP) is -1.36. The number of fused-ring (bicyclic) bond motifs is 1. The van der Waals surface area contributed by atoms with E-state index in [2.05, 4.69) is 28.2 Å². The zero-order valence-corrected chi connectivity index (χ0v) is 18.2. The van der Waals surface area contributed by atoms with E-state index in [1.807, 2.05) is 0 Å². The fourth-order valence-electron chi connectivity index (χ4n) is 2.57. The maximum Gasteiger partial charge on any atom is 0.129 e. The third-order valence-corrected chi connectivity index (χ3v) is 5.74. The van der Waals surface area contributed by atoms with Crippen LogP contribution in [0, 0.1) is 0 Å². The van der Waals surface area contributed by atoms with Gasteiger partial charge in [-0.2, -0.15) is 0 Å². The minimum atomic E-state index is 0. The number of benzene rings is 1. The third-order valence-electron chi connectivity index (χ3n) is 3.86. The molecular formula is C14H23Cl6N3. The summed E-state index contributed by atoms with van der Waals surface area (Å²) in [5, 5.41) is 1.86. The van der Waals surface area contributed by atoms with Gasteiger partial charge in [0.2, 0.25) is 0 Å². The molecule has 2 rings (SSSR count). The molecule has 1 heterocycles. The van der Waals surface area contributed by atoms with Crippen molar-refractivity contribution < 1.29 is 33.8 Å². The molecule has 3 nitrogen and oxygen atoms in total. The van der Waals surface area contributed by atoms with Crippen molar-refractivity contribution in [1.82, 2.24) is 6.15 Å². The topological polar surface area (TPSA) is 35.0 Å². The van der Waals surface area contributed by atoms with E-state index in [0.717, 1.165) is 46.3 Å². The Hall–Kier alpha value is 0.840. The van der Waals surface area contributed by atoms with Gasteiger partial charge in [-0.1, -0.05) is 46.4 Å². The largest absolute Gasteiger partial charge is 1.00 e. The molecule has 0 atom stereocenters. The monoisotopic (exact) mass is 443 g/mol. The smallest absolute Gasteiger partial charge is 0.129 e. The Morgan fingerprint density at radius 3 is 1.48 bits per heavy atom. The van der Waals surface area contributed by atoms with E-state index in [0.29, 0.717) is 20.1 Å². The fourth-order valence-corrected chi connectivity index (χ4v) is 3.62. The zero-order chi connectivity index (χ0) is 15.3. The highest BCUT2D eigenvalue weighted by molar-refractivity contribution is 6.52. The van der Waals surface area contributed by atoms with Crippen molar-refractivity contribution >= 4 is 46.4 Å². The molecule has 3 N–H and O–H groups in total. The highest BCUT2D eigenvalue weighted by Gasteiger charge is 2.38. The number of nitrogens with zero attached hydrogens (tertiary/aromatic N) is 2. The molecular weight excluding hydrogens is 423 g/mol. The third kappa shape index (κ3) is 5.67. The van der Waals surface area contributed by atoms with Crippen LogP contribution in [0.3, 0.4) is 0 Å². The molecule has 0 bridgehead atoms. The van der Waals surface area contributed by atoms with Crippen molar-refractivity contribution in [3.05, 3.63) is 31.2 Å². The van der Waals surface area contributed by atoms with Crippen LogP contribution in [0.15, 0.2) is 0 Å². The molecule has 1 aliphatic rings. The lowest BCUT2D eigenvalue weighted by molar-refractivity contribution is -0.961. The fraction of sp³-hybridized carbons (Fsp3) is 0.571. The van der Waals surface area contributed by atoms with E-state index in [9.17, 15) is 0 Å². The first-order chi connectivity index (χ1) is 9.04. The quantitative estimate of drug-likeness (QED) is 0.348. The number of hydrogen-bond donors (Lipinski definition) is 1. The summed E-state index contributed by atoms with van der Waals surface area (Å²) in [6, 6.07) is 0. The van der Waals surface area contributed by atoms with Gasteiger partial charge in [-0.15, -0.1) is 0 Å². The van der Waals surface area contributed by atoms with Crippen LogP contribution in [0.2, 0.25) is 20.1 Å². The number of quaternary nitrogens is 2. The van der Waals surface area contributed by atoms with E-state index < -0.39 is 0 Å². The Morgan fingerprint density at radius 2 is 1.17 bits per heavy atom. The first-order valence-corrected chi connectivity index (χ1v) is 8.03. The van der Waals surface area contributed by atoms with Crippen LogP contribution in [-0.4, -0.2) is 50.2 Å². The molecule has 1 aromatic carbocycles. The molecule has 0 saturated heterocycles. The predicted molar refractivity (Wildman–Crippen MR) is 92.9 cm³/mol. The van der Waals surface area contributed by atoms with Gasteiger partial charge in [-0.05, 0) is 0 Å². The van der Waals surface area contributed by atoms with Crippen LogP contribution in [0.1, 0.15) is 11.1 Å². The summed E-state index contributed by atoms with van der Waals surface area (Å²) in [7, 11) is 8.82. The minimum Gasteiger partial charge on any atom is -1.00 e. The van der Waals surface area contributed by atoms with Gasteiger partial charge in [0, 0.05) is 11.1 Å². The maximum atomic E-state index is 6.34. The van der Waals surface area contributed by atoms with E-state index in [4.69, 9.17) is 46.4 Å². The van der Waals surface area contributed by atoms with Crippen molar-refractivity contribution in [2.45, 2.75) is 13.1 Å². The molecule has 0 saturated carbocycles. The SMILES string of the molecule is C[N+](C)(C)CC[N+]1(C)Cc2c(Cl)c(Cl)c(Cl)c(Cl)c2C1.N.[Cl-].[Cl-]. The number of halogens is 6. The molecule has 0 radical (unpaired) electrons. The van der Waals surface area contributed by atoms with E-state index >= 15 is 0 Å². The second-order valence-corrected chi connectivity index (χ2v) is 8.40. The highest BCUT2D eigenvalue weighted by atomic mass is 35.5. The minimum absolute atomic E-state index is 0. The second kappa shape index (κ2) is 8.98. The van der Waals surface area contributed by atoms with Crippen LogP contribution < -0.4 is 31.0 Å². The van der Waals surface area contributed by atoms with Crippen molar-refractivity contribution in [3.8, 4) is 0 Å². The molecule has 0 amide bonds. The van der Waals surface area contributed by atoms with Crippen LogP contribution in [0.4, 0.5) is 0 Å². The van der Waals surface area contributed by atoms with Gasteiger partial charge in [-0.25, -0.2) is 0 Å². The molecule has 1 aromatic rings. The van der Waals surface area contributed by atoms with Gasteiger partial charge in [0.25, 0.3) is 0 Å². The Labute approximate surface area is 171 Å². The van der Waals surface area contributed by atoms with Crippen molar-refractivity contribution in [3.63, 3.8) is 0 Å². The van der Waals surface area contributed by atoms with Crippen molar-refractivity contribution in [1.29, 1.82) is 0 Å². The van der Waals surface area contributed by atoms with Crippen molar-refractivity contribution in [2.75, 3.05) is 41.3 Å². The summed E-state index contributed by atoms with van der Waals surface area (Å²) in [5.74, 6) is 0. The van der Waals surface area contributed by atoms with Gasteiger partial charge in [0.1, 0.15) is 26.2 Å². The summed E-state index contributed by atoms with van der Waals surface area (Å²) in [6.45, 7) is 3.84. The standard InChI is InChI=1S/C14H20Cl4N2.2ClH.H3N/c1-19(2,3)5-6-20(4)7-9-10(8-20)12(16)14(18)13(17)11(9)15;;;/h5-8H2,1-4H3;2*1H;1H3/q+2;;;/p-2. The Kier molecular flexibility index (Phi) is 10.2. The summed E-state index contributed by atoms with van der Waals surface area (Å²) in [5.41, 5.74) is 2.10. The lowest BCUT2D eigenvalue weighted by atomic mass is 10.1. The van der Waals surface area contributed by atoms with Gasteiger partial charge < -0.3 is 39.9 Å². The van der Waals surface area contributed by atoms with Crippen LogP contribution >= 0.6 is 46.4 Å². The van der Waals surface area contributed by atoms with Crippen LogP contribution in [0.25, 0.3) is 0 Å². The molecule has 0 spiro atoms. The number of rotatable bonds is 3. The van der Waals surface area contributed by atoms with E-state index in [-0.39, 0.29) is 31.0 Å². The van der Waals surface area contributed by atoms with Crippen molar-refractivity contribution in [2.24, 2.45) is 0 Å². The highest BCUT2D eigenvalue weighted by Crippen LogP contribution is 2.46. The molecule has 136 valence electrons. The van der Waals surface area contributed by atoms with Gasteiger partial charge in [-0.3, -0.25) is 0 Å². The Morgan fingerprint density at radius 1 is 0.826 bits per heavy atom. The summed E-state index contributed by atoms with van der Waals surface area (Å²) < 4.78 is 1.83. The molecule has 0 unspecified atom stereocenters. The normalized spacial score (nSPS) is 15.1. The number of likely N-dealkylation sites (N-methyl/N-ethyl adjacent to an activating group) is 2. The summed E-state index contributed by atoms with van der Waals surface area (Å²) in [6.07, 6.45) is 0. The van der Waals surface area contributed by atoms with Crippen LogP contribution in [0.5, 0.6) is 0 Å². The van der Waals surface area contributed by atoms with Gasteiger partial charge in [0.05, 0.1) is 48.3 Å². The molecule has 0 fully saturated rings. The Bertz CT molecular complexity index is 520. The lowest BCUT2D eigenvalue weighted by Crippen LogP contribution is -3.00. The van der Waals surface area contributed by atoms with Gasteiger partial charge in [0.15, 0.2) is 0 Å². The molecule has 1 aliphatic heterocycles. The average Bonchev–Trinajstić information content (AvgIpc) is 2.70. The van der Waals surface area contributed by atoms with E-state index in [1.54, 1.807) is 0 Å². The lowest BCUT2D eigenvalue weighted by Gasteiger charge is -2.33. The summed E-state index contributed by atoms with van der Waals surface area (Å²) >= 11 is 25.0. The van der Waals surface area contributed by atoms with Crippen LogP contribution in [-0.2, 0) is 13.1 Å². The zero-order valence-electron chi connectivity index (χ0n) is 13.7. The second-order valence-electron chi connectivity index (χ2n) is 6.89. The molecule has 0 aromatic heterocycles. The first-order valence-electron chi connectivity index (χ1n) is 6.52. The molecule has 9 heteroatoms. The molecule has 0 aliphatic carbocycles. The summed E-state index contributed by atoms with van der Waals surface area (Å²) in [4.78, 5) is 0. The first kappa shape index (κ1) is 26.1. The Balaban J connectivity index is 0. The maximum absolute atomic E-state index is 6.34. The number of hydrogen-bond acceptors (Lipinski definition) is 1. The van der Waals surface area contributed by atoms with E-state index in [1.165, 1.54) is 0 Å². The molecule has 23 heavy (non-hydrogen) atoms. The van der Waals surface area contributed by atoms with Gasteiger partial charge >= 0.3 is 0 Å².